The molecular weight excluding hydrogens is 267 g/mol. The predicted octanol–water partition coefficient (Wildman–Crippen LogP) is 3.61. The van der Waals surface area contributed by atoms with Crippen molar-refractivity contribution in [3.63, 3.8) is 0 Å². The molecule has 116 valence electrons. The fraction of sp³-hybridized carbons (Fsp3) is 0.706. The van der Waals surface area contributed by atoms with Crippen molar-refractivity contribution in [1.82, 2.24) is 10.3 Å². The molecule has 2 aliphatic rings. The number of aromatic nitrogens is 1. The molecule has 0 radical (unpaired) electrons. The van der Waals surface area contributed by atoms with E-state index in [1.807, 2.05) is 6.07 Å². The van der Waals surface area contributed by atoms with E-state index in [-0.39, 0.29) is 17.5 Å². The minimum atomic E-state index is -0.199. The average molecular weight is 292 g/mol. The summed E-state index contributed by atoms with van der Waals surface area (Å²) in [5.74, 6) is 0.240. The Labute approximate surface area is 126 Å². The van der Waals surface area contributed by atoms with Gasteiger partial charge >= 0.3 is 0 Å². The lowest BCUT2D eigenvalue weighted by atomic mass is 9.78. The van der Waals surface area contributed by atoms with Crippen molar-refractivity contribution in [2.45, 2.75) is 57.1 Å². The molecule has 0 amide bonds. The molecule has 1 spiro atoms. The molecule has 1 saturated heterocycles. The molecule has 2 atom stereocenters. The first-order valence-electron chi connectivity index (χ1n) is 8.21. The Kier molecular flexibility index (Phi) is 4.55. The van der Waals surface area contributed by atoms with Gasteiger partial charge in [-0.15, -0.1) is 0 Å². The molecule has 1 aliphatic carbocycles. The Morgan fingerprint density at radius 2 is 2.29 bits per heavy atom. The van der Waals surface area contributed by atoms with Gasteiger partial charge in [0.15, 0.2) is 0 Å². The molecule has 0 bridgehead atoms. The number of ether oxygens (including phenoxy) is 1. The van der Waals surface area contributed by atoms with E-state index >= 15 is 0 Å². The smallest absolute Gasteiger partial charge is 0.146 e. The van der Waals surface area contributed by atoms with Crippen molar-refractivity contribution in [2.75, 3.05) is 13.2 Å². The number of hydrogen-bond acceptors (Lipinski definition) is 3. The number of rotatable bonds is 4. The van der Waals surface area contributed by atoms with Crippen molar-refractivity contribution >= 4 is 0 Å². The fourth-order valence-corrected chi connectivity index (χ4v) is 4.11. The lowest BCUT2D eigenvalue weighted by Crippen LogP contribution is -2.42. The van der Waals surface area contributed by atoms with E-state index in [4.69, 9.17) is 4.74 Å². The van der Waals surface area contributed by atoms with E-state index in [0.717, 1.165) is 31.6 Å². The molecule has 1 aliphatic heterocycles. The van der Waals surface area contributed by atoms with Crippen molar-refractivity contribution in [3.8, 4) is 0 Å². The number of nitrogens with zero attached hydrogens (tertiary/aromatic N) is 1. The van der Waals surface area contributed by atoms with Crippen LogP contribution in [0.1, 0.15) is 57.1 Å². The molecule has 21 heavy (non-hydrogen) atoms. The fourth-order valence-electron chi connectivity index (χ4n) is 4.11. The summed E-state index contributed by atoms with van der Waals surface area (Å²) in [4.78, 5) is 3.88. The van der Waals surface area contributed by atoms with Crippen LogP contribution in [0.4, 0.5) is 4.39 Å². The van der Waals surface area contributed by atoms with Gasteiger partial charge in [-0.1, -0.05) is 19.8 Å². The van der Waals surface area contributed by atoms with E-state index in [1.54, 1.807) is 6.20 Å². The Hall–Kier alpha value is -1.00. The zero-order valence-corrected chi connectivity index (χ0v) is 12.8. The largest absolute Gasteiger partial charge is 0.375 e. The molecule has 3 nitrogen and oxygen atoms in total. The second-order valence-corrected chi connectivity index (χ2v) is 6.42. The molecule has 3 rings (SSSR count). The first kappa shape index (κ1) is 14.9. The van der Waals surface area contributed by atoms with Gasteiger partial charge in [-0.25, -0.2) is 4.39 Å². The summed E-state index contributed by atoms with van der Waals surface area (Å²) < 4.78 is 20.3. The standard InChI is InChI=1S/C17H25FN2O/c1-2-20-16(14-5-9-19-12-15(14)18)13-6-10-21-17(11-13)7-3-4-8-17/h5,9,12-13,16,20H,2-4,6-8,10-11H2,1H3. The third-order valence-electron chi connectivity index (χ3n) is 5.08. The molecule has 4 heteroatoms. The van der Waals surface area contributed by atoms with Crippen LogP contribution >= 0.6 is 0 Å². The first-order valence-corrected chi connectivity index (χ1v) is 8.21. The number of pyridine rings is 1. The maximum Gasteiger partial charge on any atom is 0.146 e. The van der Waals surface area contributed by atoms with Crippen LogP contribution in [0.25, 0.3) is 0 Å². The van der Waals surface area contributed by atoms with Crippen LogP contribution in [-0.4, -0.2) is 23.7 Å². The lowest BCUT2D eigenvalue weighted by molar-refractivity contribution is -0.0983. The van der Waals surface area contributed by atoms with Gasteiger partial charge in [0.05, 0.1) is 11.8 Å². The van der Waals surface area contributed by atoms with Gasteiger partial charge in [-0.3, -0.25) is 4.98 Å². The van der Waals surface area contributed by atoms with Crippen LogP contribution in [0.15, 0.2) is 18.5 Å². The van der Waals surface area contributed by atoms with Crippen LogP contribution in [0.5, 0.6) is 0 Å². The van der Waals surface area contributed by atoms with Crippen LogP contribution in [0.3, 0.4) is 0 Å². The van der Waals surface area contributed by atoms with Gasteiger partial charge in [-0.05, 0) is 44.2 Å². The molecule has 2 fully saturated rings. The minimum absolute atomic E-state index is 0.0689. The summed E-state index contributed by atoms with van der Waals surface area (Å²) in [6, 6.07) is 1.89. The van der Waals surface area contributed by atoms with E-state index in [2.05, 4.69) is 17.2 Å². The molecule has 1 aromatic heterocycles. The number of halogens is 1. The second kappa shape index (κ2) is 6.41. The number of nitrogens with one attached hydrogen (secondary N) is 1. The Morgan fingerprint density at radius 3 is 3.00 bits per heavy atom. The predicted molar refractivity (Wildman–Crippen MR) is 80.5 cm³/mol. The summed E-state index contributed by atoms with van der Waals surface area (Å²) in [5, 5.41) is 3.49. The summed E-state index contributed by atoms with van der Waals surface area (Å²) in [6.45, 7) is 3.73. The Morgan fingerprint density at radius 1 is 1.48 bits per heavy atom. The third-order valence-corrected chi connectivity index (χ3v) is 5.08. The van der Waals surface area contributed by atoms with Gasteiger partial charge in [0.25, 0.3) is 0 Å². The van der Waals surface area contributed by atoms with E-state index in [1.165, 1.54) is 31.9 Å². The molecule has 2 heterocycles. The van der Waals surface area contributed by atoms with Crippen LogP contribution in [0, 0.1) is 11.7 Å². The minimum Gasteiger partial charge on any atom is -0.375 e. The highest BCUT2D eigenvalue weighted by Gasteiger charge is 2.42. The van der Waals surface area contributed by atoms with E-state index < -0.39 is 0 Å². The quantitative estimate of drug-likeness (QED) is 0.920. The summed E-state index contributed by atoms with van der Waals surface area (Å²) in [7, 11) is 0. The lowest BCUT2D eigenvalue weighted by Gasteiger charge is -2.41. The highest BCUT2D eigenvalue weighted by atomic mass is 19.1. The van der Waals surface area contributed by atoms with Crippen LogP contribution < -0.4 is 5.32 Å². The van der Waals surface area contributed by atoms with E-state index in [9.17, 15) is 4.39 Å². The van der Waals surface area contributed by atoms with Crippen molar-refractivity contribution in [1.29, 1.82) is 0 Å². The molecule has 1 N–H and O–H groups in total. The highest BCUT2D eigenvalue weighted by Crippen LogP contribution is 2.45. The summed E-state index contributed by atoms with van der Waals surface area (Å²) in [5.41, 5.74) is 0.826. The molecular formula is C17H25FN2O. The van der Waals surface area contributed by atoms with Gasteiger partial charge < -0.3 is 10.1 Å². The third kappa shape index (κ3) is 3.11. The van der Waals surface area contributed by atoms with Gasteiger partial charge in [-0.2, -0.15) is 0 Å². The average Bonchev–Trinajstić information content (AvgIpc) is 2.93. The molecule has 1 saturated carbocycles. The second-order valence-electron chi connectivity index (χ2n) is 6.42. The van der Waals surface area contributed by atoms with Crippen molar-refractivity contribution in [2.24, 2.45) is 5.92 Å². The normalized spacial score (nSPS) is 26.1. The van der Waals surface area contributed by atoms with E-state index in [0.29, 0.717) is 5.92 Å². The maximum atomic E-state index is 14.2. The maximum absolute atomic E-state index is 14.2. The molecule has 2 unspecified atom stereocenters. The molecule has 0 aromatic carbocycles. The number of hydrogen-bond donors (Lipinski definition) is 1. The first-order chi connectivity index (χ1) is 10.2. The Bertz CT molecular complexity index is 474. The molecule has 1 aromatic rings. The van der Waals surface area contributed by atoms with Gasteiger partial charge in [0, 0.05) is 24.4 Å². The van der Waals surface area contributed by atoms with Gasteiger partial charge in [0.2, 0.25) is 0 Å². The Balaban J connectivity index is 1.82. The van der Waals surface area contributed by atoms with Crippen LogP contribution in [0.2, 0.25) is 0 Å². The van der Waals surface area contributed by atoms with Crippen molar-refractivity contribution in [3.05, 3.63) is 29.8 Å². The van der Waals surface area contributed by atoms with Gasteiger partial charge in [0.1, 0.15) is 5.82 Å². The van der Waals surface area contributed by atoms with Crippen molar-refractivity contribution < 1.29 is 9.13 Å². The summed E-state index contributed by atoms with van der Waals surface area (Å²) >= 11 is 0. The zero-order chi connectivity index (χ0) is 14.7. The zero-order valence-electron chi connectivity index (χ0n) is 12.8. The topological polar surface area (TPSA) is 34.2 Å². The summed E-state index contributed by atoms with van der Waals surface area (Å²) in [6.07, 6.45) is 9.93. The van der Waals surface area contributed by atoms with Crippen LogP contribution in [-0.2, 0) is 4.74 Å². The highest BCUT2D eigenvalue weighted by molar-refractivity contribution is 5.19. The SMILES string of the molecule is CCNC(c1ccncc1F)C1CCOC2(CCCC2)C1. The monoisotopic (exact) mass is 292 g/mol.